The van der Waals surface area contributed by atoms with E-state index < -0.39 is 0 Å². The summed E-state index contributed by atoms with van der Waals surface area (Å²) in [5.41, 5.74) is 0. The summed E-state index contributed by atoms with van der Waals surface area (Å²) in [4.78, 5) is 14.8. The van der Waals surface area contributed by atoms with Crippen molar-refractivity contribution in [3.8, 4) is 0 Å². The molecule has 2 aliphatic carbocycles. The maximum absolute atomic E-state index is 12.6. The summed E-state index contributed by atoms with van der Waals surface area (Å²) in [5.74, 6) is 4.05. The van der Waals surface area contributed by atoms with Gasteiger partial charge in [-0.25, -0.2) is 0 Å². The average Bonchev–Trinajstić information content (AvgIpc) is 2.95. The molecule has 2 unspecified atom stereocenters. The van der Waals surface area contributed by atoms with Crippen molar-refractivity contribution in [3.63, 3.8) is 0 Å². The molecule has 4 fully saturated rings. The number of hydrogen-bond acceptors (Lipinski definition) is 2. The Morgan fingerprint density at radius 2 is 1.60 bits per heavy atom. The molecule has 1 amide bonds. The molecule has 0 aromatic carbocycles. The monoisotopic (exact) mass is 298 g/mol. The second kappa shape index (κ2) is 5.84. The van der Waals surface area contributed by atoms with Gasteiger partial charge < -0.3 is 10.2 Å². The van der Waals surface area contributed by atoms with Gasteiger partial charge in [-0.1, -0.05) is 32.1 Å². The van der Waals surface area contributed by atoms with Crippen LogP contribution in [0.5, 0.6) is 0 Å². The highest BCUT2D eigenvalue weighted by Gasteiger charge is 2.50. The van der Waals surface area contributed by atoms with Crippen LogP contribution >= 0.6 is 12.4 Å². The van der Waals surface area contributed by atoms with Crippen molar-refractivity contribution in [3.05, 3.63) is 0 Å². The molecule has 0 aromatic heterocycles. The number of nitrogens with one attached hydrogen (secondary N) is 1. The summed E-state index contributed by atoms with van der Waals surface area (Å²) in [6.07, 6.45) is 8.22. The highest BCUT2D eigenvalue weighted by atomic mass is 35.5. The molecule has 0 aromatic rings. The zero-order valence-corrected chi connectivity index (χ0v) is 13.0. The van der Waals surface area contributed by atoms with E-state index in [1.807, 2.05) is 0 Å². The standard InChI is InChI=1S/C16H26N2O.ClH/c19-16(18-9-12-7-17-8-13(12)10-18)15-6-14(15)11-4-2-1-3-5-11;/h11-15,17H,1-10H2;1H/t12-,13+,14?,15?;. The van der Waals surface area contributed by atoms with Crippen LogP contribution < -0.4 is 5.32 Å². The zero-order valence-electron chi connectivity index (χ0n) is 12.2. The van der Waals surface area contributed by atoms with Gasteiger partial charge in [-0.15, -0.1) is 12.4 Å². The lowest BCUT2D eigenvalue weighted by Gasteiger charge is -2.23. The van der Waals surface area contributed by atoms with Gasteiger partial charge in [-0.3, -0.25) is 4.79 Å². The van der Waals surface area contributed by atoms with Crippen LogP contribution in [0.25, 0.3) is 0 Å². The van der Waals surface area contributed by atoms with Gasteiger partial charge in [0.25, 0.3) is 0 Å². The van der Waals surface area contributed by atoms with Crippen LogP contribution in [0, 0.1) is 29.6 Å². The maximum atomic E-state index is 12.6. The smallest absolute Gasteiger partial charge is 0.226 e. The fourth-order valence-electron chi connectivity index (χ4n) is 4.85. The number of carbonyl (C=O) groups excluding carboxylic acids is 1. The number of nitrogens with zero attached hydrogens (tertiary/aromatic N) is 1. The molecule has 2 saturated heterocycles. The van der Waals surface area contributed by atoms with Gasteiger partial charge in [0.05, 0.1) is 0 Å². The molecular weight excluding hydrogens is 272 g/mol. The Hall–Kier alpha value is -0.280. The minimum atomic E-state index is 0. The third-order valence-electron chi connectivity index (χ3n) is 6.11. The lowest BCUT2D eigenvalue weighted by molar-refractivity contribution is -0.132. The predicted octanol–water partition coefficient (Wildman–Crippen LogP) is 2.30. The molecule has 4 atom stereocenters. The summed E-state index contributed by atoms with van der Waals surface area (Å²) >= 11 is 0. The molecule has 20 heavy (non-hydrogen) atoms. The van der Waals surface area contributed by atoms with Crippen LogP contribution in [-0.2, 0) is 4.79 Å². The molecule has 2 saturated carbocycles. The van der Waals surface area contributed by atoms with Crippen molar-refractivity contribution in [2.45, 2.75) is 38.5 Å². The van der Waals surface area contributed by atoms with E-state index in [-0.39, 0.29) is 12.4 Å². The van der Waals surface area contributed by atoms with E-state index >= 15 is 0 Å². The lowest BCUT2D eigenvalue weighted by atomic mass is 9.85. The SMILES string of the molecule is Cl.O=C(C1CC1C1CCCCC1)N1C[C@H]2CNC[C@H]2C1. The van der Waals surface area contributed by atoms with Crippen molar-refractivity contribution in [1.82, 2.24) is 10.2 Å². The Morgan fingerprint density at radius 1 is 0.950 bits per heavy atom. The van der Waals surface area contributed by atoms with Gasteiger partial charge in [0.15, 0.2) is 0 Å². The fourth-order valence-corrected chi connectivity index (χ4v) is 4.85. The summed E-state index contributed by atoms with van der Waals surface area (Å²) in [5, 5.41) is 3.45. The average molecular weight is 299 g/mol. The number of likely N-dealkylation sites (tertiary alicyclic amines) is 1. The first-order valence-electron chi connectivity index (χ1n) is 8.32. The number of fused-ring (bicyclic) bond motifs is 1. The molecule has 4 rings (SSSR count). The molecule has 114 valence electrons. The molecule has 0 bridgehead atoms. The van der Waals surface area contributed by atoms with Crippen molar-refractivity contribution in [1.29, 1.82) is 0 Å². The molecule has 4 aliphatic rings. The zero-order chi connectivity index (χ0) is 12.8. The van der Waals surface area contributed by atoms with Gasteiger partial charge in [-0.05, 0) is 30.1 Å². The van der Waals surface area contributed by atoms with Crippen LogP contribution in [0.1, 0.15) is 38.5 Å². The Labute approximate surface area is 128 Å². The number of hydrogen-bond donors (Lipinski definition) is 1. The fraction of sp³-hybridized carbons (Fsp3) is 0.938. The first kappa shape index (κ1) is 14.6. The lowest BCUT2D eigenvalue weighted by Crippen LogP contribution is -2.33. The molecule has 4 heteroatoms. The number of carbonyl (C=O) groups is 1. The van der Waals surface area contributed by atoms with E-state index in [2.05, 4.69) is 10.2 Å². The van der Waals surface area contributed by atoms with E-state index in [0.717, 1.165) is 49.9 Å². The van der Waals surface area contributed by atoms with Crippen LogP contribution in [0.3, 0.4) is 0 Å². The van der Waals surface area contributed by atoms with E-state index in [9.17, 15) is 4.79 Å². The maximum Gasteiger partial charge on any atom is 0.226 e. The van der Waals surface area contributed by atoms with Crippen molar-refractivity contribution < 1.29 is 4.79 Å². The Balaban J connectivity index is 0.00000121. The van der Waals surface area contributed by atoms with Gasteiger partial charge in [-0.2, -0.15) is 0 Å². The van der Waals surface area contributed by atoms with Crippen LogP contribution in [0.4, 0.5) is 0 Å². The molecule has 3 nitrogen and oxygen atoms in total. The third-order valence-corrected chi connectivity index (χ3v) is 6.11. The minimum absolute atomic E-state index is 0. The van der Waals surface area contributed by atoms with Crippen LogP contribution in [-0.4, -0.2) is 37.0 Å². The molecule has 2 aliphatic heterocycles. The molecule has 0 radical (unpaired) electrons. The van der Waals surface area contributed by atoms with Gasteiger partial charge in [0, 0.05) is 32.1 Å². The summed E-state index contributed by atoms with van der Waals surface area (Å²) < 4.78 is 0. The number of halogens is 1. The quantitative estimate of drug-likeness (QED) is 0.848. The normalized spacial score (nSPS) is 40.3. The molecule has 0 spiro atoms. The summed E-state index contributed by atoms with van der Waals surface area (Å²) in [6.45, 7) is 4.32. The van der Waals surface area contributed by atoms with Crippen LogP contribution in [0.2, 0.25) is 0 Å². The molecular formula is C16H27ClN2O. The Morgan fingerprint density at radius 3 is 2.25 bits per heavy atom. The van der Waals surface area contributed by atoms with Gasteiger partial charge in [0.2, 0.25) is 5.91 Å². The Bertz CT molecular complexity index is 357. The first-order valence-corrected chi connectivity index (χ1v) is 8.32. The van der Waals surface area contributed by atoms with E-state index in [1.165, 1.54) is 38.5 Å². The first-order chi connectivity index (χ1) is 9.33. The van der Waals surface area contributed by atoms with E-state index in [4.69, 9.17) is 0 Å². The highest BCUT2D eigenvalue weighted by molar-refractivity contribution is 5.85. The van der Waals surface area contributed by atoms with E-state index in [0.29, 0.717) is 11.8 Å². The topological polar surface area (TPSA) is 32.3 Å². The largest absolute Gasteiger partial charge is 0.342 e. The van der Waals surface area contributed by atoms with Crippen molar-refractivity contribution >= 4 is 18.3 Å². The summed E-state index contributed by atoms with van der Waals surface area (Å²) in [7, 11) is 0. The van der Waals surface area contributed by atoms with Gasteiger partial charge >= 0.3 is 0 Å². The van der Waals surface area contributed by atoms with Crippen LogP contribution in [0.15, 0.2) is 0 Å². The Kier molecular flexibility index (Phi) is 4.28. The number of rotatable bonds is 2. The summed E-state index contributed by atoms with van der Waals surface area (Å²) in [6, 6.07) is 0. The third kappa shape index (κ3) is 2.59. The van der Waals surface area contributed by atoms with Crippen molar-refractivity contribution in [2.75, 3.05) is 26.2 Å². The van der Waals surface area contributed by atoms with Gasteiger partial charge in [0.1, 0.15) is 0 Å². The molecule has 1 N–H and O–H groups in total. The minimum Gasteiger partial charge on any atom is -0.342 e. The molecule has 2 heterocycles. The second-order valence-corrected chi connectivity index (χ2v) is 7.33. The second-order valence-electron chi connectivity index (χ2n) is 7.33. The van der Waals surface area contributed by atoms with Crippen molar-refractivity contribution in [2.24, 2.45) is 29.6 Å². The highest BCUT2D eigenvalue weighted by Crippen LogP contribution is 2.50. The number of amides is 1. The van der Waals surface area contributed by atoms with E-state index in [1.54, 1.807) is 0 Å². The predicted molar refractivity (Wildman–Crippen MR) is 81.8 cm³/mol.